The summed E-state index contributed by atoms with van der Waals surface area (Å²) in [5.74, 6) is 0. The Morgan fingerprint density at radius 2 is 1.63 bits per heavy atom. The molecule has 1 N–H and O–H groups in total. The summed E-state index contributed by atoms with van der Waals surface area (Å²) < 4.78 is 0. The summed E-state index contributed by atoms with van der Waals surface area (Å²) in [6, 6.07) is 18.7. The van der Waals surface area contributed by atoms with E-state index < -0.39 is 0 Å². The van der Waals surface area contributed by atoms with Crippen LogP contribution in [0.15, 0.2) is 85.5 Å². The molecule has 4 aromatic rings. The lowest BCUT2D eigenvalue weighted by Gasteiger charge is -2.34. The maximum atomic E-state index is 4.60. The minimum absolute atomic E-state index is 0.259. The zero-order chi connectivity index (χ0) is 18.1. The van der Waals surface area contributed by atoms with Gasteiger partial charge in [-0.3, -0.25) is 15.1 Å². The second kappa shape index (κ2) is 6.32. The molecule has 0 saturated heterocycles. The Labute approximate surface area is 157 Å². The fourth-order valence-corrected chi connectivity index (χ4v) is 3.92. The van der Waals surface area contributed by atoms with Crippen molar-refractivity contribution in [2.24, 2.45) is 0 Å². The van der Waals surface area contributed by atoms with Crippen molar-refractivity contribution in [3.63, 3.8) is 0 Å². The largest absolute Gasteiger partial charge is 0.281 e. The van der Waals surface area contributed by atoms with E-state index in [1.54, 1.807) is 12.4 Å². The Balaban J connectivity index is 1.66. The zero-order valence-electron chi connectivity index (χ0n) is 14.7. The van der Waals surface area contributed by atoms with Crippen LogP contribution in [0, 0.1) is 0 Å². The number of pyridine rings is 2. The highest BCUT2D eigenvalue weighted by atomic mass is 15.1. The molecule has 1 atom stereocenters. The smallest absolute Gasteiger partial charge is 0.0996 e. The third kappa shape index (κ3) is 2.57. The molecule has 4 nitrogen and oxygen atoms in total. The number of benzene rings is 1. The van der Waals surface area contributed by atoms with Crippen LogP contribution < -0.4 is 0 Å². The molecule has 0 bridgehead atoms. The summed E-state index contributed by atoms with van der Waals surface area (Å²) in [4.78, 5) is 8.48. The topological polar surface area (TPSA) is 54.5 Å². The van der Waals surface area contributed by atoms with Crippen LogP contribution in [-0.4, -0.2) is 20.2 Å². The van der Waals surface area contributed by atoms with E-state index in [-0.39, 0.29) is 5.41 Å². The van der Waals surface area contributed by atoms with Gasteiger partial charge in [-0.25, -0.2) is 0 Å². The van der Waals surface area contributed by atoms with E-state index in [0.29, 0.717) is 0 Å². The van der Waals surface area contributed by atoms with Gasteiger partial charge in [0.15, 0.2) is 0 Å². The lowest BCUT2D eigenvalue weighted by molar-refractivity contribution is 0.618. The molecule has 27 heavy (non-hydrogen) atoms. The first kappa shape index (κ1) is 15.7. The monoisotopic (exact) mass is 350 g/mol. The Hall–Kier alpha value is -3.53. The van der Waals surface area contributed by atoms with E-state index in [0.717, 1.165) is 28.9 Å². The van der Waals surface area contributed by atoms with E-state index in [2.05, 4.69) is 68.7 Å². The fourth-order valence-electron chi connectivity index (χ4n) is 3.92. The number of hydrogen-bond acceptors (Lipinski definition) is 3. The van der Waals surface area contributed by atoms with Gasteiger partial charge < -0.3 is 0 Å². The van der Waals surface area contributed by atoms with Gasteiger partial charge in [0.1, 0.15) is 0 Å². The number of nitrogens with zero attached hydrogens (tertiary/aromatic N) is 3. The van der Waals surface area contributed by atoms with E-state index in [1.807, 2.05) is 30.6 Å². The number of allylic oxidation sites excluding steroid dienone is 1. The molecule has 4 heteroatoms. The molecule has 1 aliphatic carbocycles. The van der Waals surface area contributed by atoms with Crippen molar-refractivity contribution in [1.82, 2.24) is 20.2 Å². The van der Waals surface area contributed by atoms with Gasteiger partial charge in [0, 0.05) is 53.4 Å². The Morgan fingerprint density at radius 1 is 0.815 bits per heavy atom. The van der Waals surface area contributed by atoms with Crippen molar-refractivity contribution >= 4 is 6.08 Å². The molecule has 130 valence electrons. The van der Waals surface area contributed by atoms with Crippen LogP contribution in [0.5, 0.6) is 0 Å². The van der Waals surface area contributed by atoms with E-state index in [4.69, 9.17) is 0 Å². The van der Waals surface area contributed by atoms with Gasteiger partial charge in [-0.1, -0.05) is 48.6 Å². The van der Waals surface area contributed by atoms with Crippen LogP contribution in [0.25, 0.3) is 17.3 Å². The highest BCUT2D eigenvalue weighted by molar-refractivity contribution is 5.76. The van der Waals surface area contributed by atoms with Crippen LogP contribution in [-0.2, 0) is 11.8 Å². The van der Waals surface area contributed by atoms with Crippen LogP contribution >= 0.6 is 0 Å². The summed E-state index contributed by atoms with van der Waals surface area (Å²) in [6.07, 6.45) is 12.7. The van der Waals surface area contributed by atoms with Gasteiger partial charge in [-0.05, 0) is 29.3 Å². The van der Waals surface area contributed by atoms with Crippen molar-refractivity contribution in [1.29, 1.82) is 0 Å². The number of nitrogens with one attached hydrogen (secondary N) is 1. The van der Waals surface area contributed by atoms with Crippen molar-refractivity contribution in [2.75, 3.05) is 0 Å². The number of hydrogen-bond donors (Lipinski definition) is 1. The number of aromatic amines is 1. The summed E-state index contributed by atoms with van der Waals surface area (Å²) in [5.41, 5.74) is 6.49. The van der Waals surface area contributed by atoms with Crippen LogP contribution in [0.2, 0.25) is 0 Å². The maximum Gasteiger partial charge on any atom is 0.0996 e. The molecule has 1 unspecified atom stereocenters. The average molecular weight is 350 g/mol. The predicted molar refractivity (Wildman–Crippen MR) is 106 cm³/mol. The highest BCUT2D eigenvalue weighted by Crippen LogP contribution is 2.42. The molecule has 0 aliphatic heterocycles. The third-order valence-corrected chi connectivity index (χ3v) is 5.29. The van der Waals surface area contributed by atoms with Gasteiger partial charge in [0.05, 0.1) is 5.69 Å². The number of H-pyrrole nitrogens is 1. The summed E-state index contributed by atoms with van der Waals surface area (Å²) >= 11 is 0. The minimum Gasteiger partial charge on any atom is -0.281 e. The minimum atomic E-state index is -0.259. The van der Waals surface area contributed by atoms with Crippen LogP contribution in [0.3, 0.4) is 0 Å². The average Bonchev–Trinajstić information content (AvgIpc) is 3.18. The predicted octanol–water partition coefficient (Wildman–Crippen LogP) is 4.42. The van der Waals surface area contributed by atoms with Crippen molar-refractivity contribution in [2.45, 2.75) is 11.8 Å². The third-order valence-electron chi connectivity index (χ3n) is 5.29. The van der Waals surface area contributed by atoms with Gasteiger partial charge >= 0.3 is 0 Å². The number of rotatable bonds is 3. The first-order chi connectivity index (χ1) is 13.4. The lowest BCUT2D eigenvalue weighted by atomic mass is 9.69. The maximum absolute atomic E-state index is 4.60. The number of fused-ring (bicyclic) bond motifs is 1. The molecule has 3 heterocycles. The number of aromatic nitrogens is 4. The Morgan fingerprint density at radius 3 is 2.41 bits per heavy atom. The van der Waals surface area contributed by atoms with Gasteiger partial charge in [0.25, 0.3) is 0 Å². The van der Waals surface area contributed by atoms with E-state index >= 15 is 0 Å². The molecule has 0 radical (unpaired) electrons. The molecular formula is C23H18N4. The molecule has 0 saturated carbocycles. The van der Waals surface area contributed by atoms with Crippen LogP contribution in [0.4, 0.5) is 0 Å². The summed E-state index contributed by atoms with van der Waals surface area (Å²) in [6.45, 7) is 0. The quantitative estimate of drug-likeness (QED) is 0.595. The second-order valence-electron chi connectivity index (χ2n) is 6.79. The lowest BCUT2D eigenvalue weighted by Crippen LogP contribution is -2.30. The normalized spacial score (nSPS) is 18.2. The first-order valence-electron chi connectivity index (χ1n) is 9.00. The van der Waals surface area contributed by atoms with Gasteiger partial charge in [-0.2, -0.15) is 5.10 Å². The molecule has 0 fully saturated rings. The molecule has 3 aromatic heterocycles. The van der Waals surface area contributed by atoms with E-state index in [9.17, 15) is 0 Å². The summed E-state index contributed by atoms with van der Waals surface area (Å²) in [5, 5.41) is 7.88. The van der Waals surface area contributed by atoms with E-state index in [1.165, 1.54) is 11.1 Å². The molecule has 0 spiro atoms. The van der Waals surface area contributed by atoms with Crippen molar-refractivity contribution in [3.05, 3.63) is 108 Å². The summed E-state index contributed by atoms with van der Waals surface area (Å²) in [7, 11) is 0. The molecule has 5 rings (SSSR count). The molecular weight excluding hydrogens is 332 g/mol. The Kier molecular flexibility index (Phi) is 3.68. The van der Waals surface area contributed by atoms with Crippen molar-refractivity contribution < 1.29 is 0 Å². The fraction of sp³-hybridized carbons (Fsp3) is 0.0870. The standard InChI is InChI=1S/C23H18N4/c1-2-5-18(6-3-1)23(19-7-4-12-25-16-19)11-8-20-21(15-23)26-27-22(20)17-9-13-24-14-10-17/h1-14,16H,15H2,(H,26,27). The molecule has 1 aromatic carbocycles. The van der Waals surface area contributed by atoms with Crippen LogP contribution in [0.1, 0.15) is 22.4 Å². The zero-order valence-corrected chi connectivity index (χ0v) is 14.7. The Bertz CT molecular complexity index is 1040. The van der Waals surface area contributed by atoms with Gasteiger partial charge in [0.2, 0.25) is 0 Å². The molecule has 1 aliphatic rings. The molecule has 0 amide bonds. The first-order valence-corrected chi connectivity index (χ1v) is 9.00. The highest BCUT2D eigenvalue weighted by Gasteiger charge is 2.36. The van der Waals surface area contributed by atoms with Crippen molar-refractivity contribution in [3.8, 4) is 11.3 Å². The second-order valence-corrected chi connectivity index (χ2v) is 6.79. The van der Waals surface area contributed by atoms with Gasteiger partial charge in [-0.15, -0.1) is 0 Å². The SMILES string of the molecule is C1=CC(c2ccccc2)(c2cccnc2)Cc2[nH]nc(-c3ccncc3)c21.